The van der Waals surface area contributed by atoms with Crippen molar-refractivity contribution in [3.63, 3.8) is 0 Å². The lowest BCUT2D eigenvalue weighted by atomic mass is 10.1. The highest BCUT2D eigenvalue weighted by Crippen LogP contribution is 2.14. The molecule has 0 spiro atoms. The highest BCUT2D eigenvalue weighted by atomic mass is 16.3. The Balaban J connectivity index is 3.62. The molecule has 282 valence electrons. The first-order valence-corrected chi connectivity index (χ1v) is 21.2. The van der Waals surface area contributed by atoms with Gasteiger partial charge in [-0.3, -0.25) is 4.79 Å². The zero-order valence-electron chi connectivity index (χ0n) is 32.3. The summed E-state index contributed by atoms with van der Waals surface area (Å²) in [6, 6.07) is -0.639. The summed E-state index contributed by atoms with van der Waals surface area (Å²) in [6.45, 7) is 4.30. The number of rotatable bonds is 38. The Bertz CT molecular complexity index is 731. The van der Waals surface area contributed by atoms with Crippen LogP contribution in [0.25, 0.3) is 0 Å². The first kappa shape index (κ1) is 46.6. The molecule has 2 atom stereocenters. The summed E-state index contributed by atoms with van der Waals surface area (Å²) in [5, 5.41) is 22.9. The van der Waals surface area contributed by atoms with E-state index >= 15 is 0 Å². The van der Waals surface area contributed by atoms with Gasteiger partial charge in [-0.2, -0.15) is 0 Å². The average molecular weight is 674 g/mol. The van der Waals surface area contributed by atoms with Gasteiger partial charge in [0.15, 0.2) is 0 Å². The Hall–Kier alpha value is -1.39. The van der Waals surface area contributed by atoms with Gasteiger partial charge in [0.05, 0.1) is 18.8 Å². The quantitative estimate of drug-likeness (QED) is 0.0451. The second-order valence-corrected chi connectivity index (χ2v) is 14.4. The van der Waals surface area contributed by atoms with Crippen molar-refractivity contribution in [2.75, 3.05) is 6.61 Å². The van der Waals surface area contributed by atoms with Gasteiger partial charge in [0.25, 0.3) is 0 Å². The van der Waals surface area contributed by atoms with Crippen molar-refractivity contribution in [3.8, 4) is 0 Å². The Morgan fingerprint density at radius 2 is 0.812 bits per heavy atom. The summed E-state index contributed by atoms with van der Waals surface area (Å²) in [4.78, 5) is 12.4. The molecular weight excluding hydrogens is 590 g/mol. The average Bonchev–Trinajstić information content (AvgIpc) is 3.09. The molecule has 4 heteroatoms. The summed E-state index contributed by atoms with van der Waals surface area (Å²) in [5.74, 6) is -0.0781. The Morgan fingerprint density at radius 3 is 1.21 bits per heavy atom. The Morgan fingerprint density at radius 1 is 0.479 bits per heavy atom. The lowest BCUT2D eigenvalue weighted by Crippen LogP contribution is -2.45. The van der Waals surface area contributed by atoms with E-state index < -0.39 is 12.1 Å². The number of aliphatic hydroxyl groups is 2. The zero-order chi connectivity index (χ0) is 35.0. The van der Waals surface area contributed by atoms with Crippen LogP contribution in [0.2, 0.25) is 0 Å². The molecule has 0 aromatic rings. The van der Waals surface area contributed by atoms with Crippen molar-refractivity contribution in [2.24, 2.45) is 0 Å². The van der Waals surface area contributed by atoms with Gasteiger partial charge < -0.3 is 15.5 Å². The van der Waals surface area contributed by atoms with Crippen molar-refractivity contribution in [2.45, 2.75) is 231 Å². The number of aliphatic hydroxyl groups excluding tert-OH is 2. The first-order chi connectivity index (χ1) is 23.7. The van der Waals surface area contributed by atoms with Gasteiger partial charge in [-0.05, 0) is 57.8 Å². The molecule has 48 heavy (non-hydrogen) atoms. The van der Waals surface area contributed by atoms with Crippen LogP contribution in [0, 0.1) is 0 Å². The van der Waals surface area contributed by atoms with Crippen LogP contribution >= 0.6 is 0 Å². The van der Waals surface area contributed by atoms with Crippen LogP contribution in [0.15, 0.2) is 36.5 Å². The van der Waals surface area contributed by atoms with Gasteiger partial charge in [-0.25, -0.2) is 0 Å². The van der Waals surface area contributed by atoms with E-state index in [9.17, 15) is 15.0 Å². The minimum Gasteiger partial charge on any atom is -0.394 e. The number of nitrogens with one attached hydrogen (secondary N) is 1. The predicted molar refractivity (Wildman–Crippen MR) is 212 cm³/mol. The van der Waals surface area contributed by atoms with Crippen molar-refractivity contribution < 1.29 is 15.0 Å². The number of hydrogen-bond donors (Lipinski definition) is 3. The molecule has 0 aliphatic heterocycles. The molecule has 0 aromatic heterocycles. The van der Waals surface area contributed by atoms with Gasteiger partial charge in [0.2, 0.25) is 5.91 Å². The number of unbranched alkanes of at least 4 members (excludes halogenated alkanes) is 27. The molecule has 0 aromatic carbocycles. The second kappa shape index (κ2) is 40.0. The van der Waals surface area contributed by atoms with Gasteiger partial charge in [-0.15, -0.1) is 0 Å². The number of carbonyl (C=O) groups is 1. The number of hydrogen-bond acceptors (Lipinski definition) is 3. The second-order valence-electron chi connectivity index (χ2n) is 14.4. The molecule has 2 unspecified atom stereocenters. The van der Waals surface area contributed by atoms with Gasteiger partial charge >= 0.3 is 0 Å². The van der Waals surface area contributed by atoms with Crippen molar-refractivity contribution in [3.05, 3.63) is 36.5 Å². The third-order valence-corrected chi connectivity index (χ3v) is 9.60. The number of allylic oxidation sites excluding steroid dienone is 5. The van der Waals surface area contributed by atoms with E-state index in [2.05, 4.69) is 43.5 Å². The summed E-state index contributed by atoms with van der Waals surface area (Å²) in [7, 11) is 0. The molecule has 0 radical (unpaired) electrons. The molecule has 1 amide bonds. The largest absolute Gasteiger partial charge is 0.394 e. The maximum absolute atomic E-state index is 12.4. The normalized spacial score (nSPS) is 13.3. The third kappa shape index (κ3) is 35.9. The molecule has 0 saturated heterocycles. The van der Waals surface area contributed by atoms with E-state index in [1.165, 1.54) is 167 Å². The topological polar surface area (TPSA) is 69.6 Å². The minimum absolute atomic E-state index is 0.0781. The maximum Gasteiger partial charge on any atom is 0.220 e. The lowest BCUT2D eigenvalue weighted by Gasteiger charge is -2.19. The van der Waals surface area contributed by atoms with Crippen molar-refractivity contribution in [1.82, 2.24) is 5.32 Å². The maximum atomic E-state index is 12.4. The Kier molecular flexibility index (Phi) is 38.9. The zero-order valence-corrected chi connectivity index (χ0v) is 32.3. The van der Waals surface area contributed by atoms with E-state index in [0.717, 1.165) is 32.1 Å². The molecule has 0 aliphatic rings. The van der Waals surface area contributed by atoms with Crippen molar-refractivity contribution in [1.29, 1.82) is 0 Å². The fourth-order valence-corrected chi connectivity index (χ4v) is 6.31. The van der Waals surface area contributed by atoms with E-state index in [4.69, 9.17) is 0 Å². The molecule has 0 fully saturated rings. The van der Waals surface area contributed by atoms with Gasteiger partial charge in [-0.1, -0.05) is 192 Å². The summed E-state index contributed by atoms with van der Waals surface area (Å²) in [6.07, 6.45) is 52.4. The van der Waals surface area contributed by atoms with Crippen LogP contribution in [-0.2, 0) is 4.79 Å². The van der Waals surface area contributed by atoms with Crippen molar-refractivity contribution >= 4 is 5.91 Å². The molecule has 0 aliphatic carbocycles. The molecule has 0 saturated carbocycles. The fourth-order valence-electron chi connectivity index (χ4n) is 6.31. The van der Waals surface area contributed by atoms with E-state index in [0.29, 0.717) is 6.42 Å². The molecule has 0 rings (SSSR count). The van der Waals surface area contributed by atoms with Crippen LogP contribution in [0.3, 0.4) is 0 Å². The molecule has 0 bridgehead atoms. The van der Waals surface area contributed by atoms with Gasteiger partial charge in [0, 0.05) is 6.42 Å². The van der Waals surface area contributed by atoms with E-state index in [1.807, 2.05) is 6.08 Å². The van der Waals surface area contributed by atoms with Gasteiger partial charge in [0.1, 0.15) is 0 Å². The lowest BCUT2D eigenvalue weighted by molar-refractivity contribution is -0.123. The smallest absolute Gasteiger partial charge is 0.220 e. The standard InChI is InChI=1S/C44H83NO3/c1-3-5-7-9-11-13-15-17-19-21-22-23-24-26-28-30-32-34-36-38-40-44(48)45-42(41-46)43(47)39-37-35-33-31-29-27-25-20-18-16-14-12-10-8-6-4-2/h22-23,29,31,37,39,42-43,46-47H,3-21,24-28,30,32-36,38,40-41H2,1-2H3,(H,45,48)/b23-22-,31-29+,39-37+. The fraction of sp³-hybridized carbons (Fsp3) is 0.841. The first-order valence-electron chi connectivity index (χ1n) is 21.2. The third-order valence-electron chi connectivity index (χ3n) is 9.60. The molecule has 4 nitrogen and oxygen atoms in total. The SMILES string of the molecule is CCCCCCCCCCC/C=C\CCCCCCCCCC(=O)NC(CO)C(O)/C=C/CC/C=C/CCCCCCCCCCCC. The summed E-state index contributed by atoms with van der Waals surface area (Å²) in [5.41, 5.74) is 0. The predicted octanol–water partition coefficient (Wildman–Crippen LogP) is 13.0. The summed E-state index contributed by atoms with van der Waals surface area (Å²) >= 11 is 0. The molecule has 0 heterocycles. The van der Waals surface area contributed by atoms with E-state index in [-0.39, 0.29) is 12.5 Å². The minimum atomic E-state index is -0.862. The molecular formula is C44H83NO3. The monoisotopic (exact) mass is 674 g/mol. The highest BCUT2D eigenvalue weighted by molar-refractivity contribution is 5.76. The highest BCUT2D eigenvalue weighted by Gasteiger charge is 2.17. The van der Waals surface area contributed by atoms with Crippen LogP contribution < -0.4 is 5.32 Å². The van der Waals surface area contributed by atoms with E-state index in [1.54, 1.807) is 6.08 Å². The Labute approximate surface area is 300 Å². The summed E-state index contributed by atoms with van der Waals surface area (Å²) < 4.78 is 0. The van der Waals surface area contributed by atoms with Crippen LogP contribution in [0.4, 0.5) is 0 Å². The van der Waals surface area contributed by atoms with Crippen LogP contribution in [-0.4, -0.2) is 34.9 Å². The number of amides is 1. The molecule has 3 N–H and O–H groups in total. The number of carbonyl (C=O) groups excluding carboxylic acids is 1. The van der Waals surface area contributed by atoms with Crippen LogP contribution in [0.5, 0.6) is 0 Å². The van der Waals surface area contributed by atoms with Crippen LogP contribution in [0.1, 0.15) is 219 Å².